The maximum atomic E-state index is 13.4. The third-order valence-corrected chi connectivity index (χ3v) is 8.09. The second kappa shape index (κ2) is 9.85. The van der Waals surface area contributed by atoms with Crippen LogP contribution in [0.4, 0.5) is 0 Å². The van der Waals surface area contributed by atoms with Gasteiger partial charge in [-0.2, -0.15) is 8.42 Å². The highest BCUT2D eigenvalue weighted by Gasteiger charge is 2.35. The lowest BCUT2D eigenvalue weighted by Crippen LogP contribution is -2.48. The van der Waals surface area contributed by atoms with E-state index < -0.39 is 10.0 Å². The van der Waals surface area contributed by atoms with Gasteiger partial charge in [0.15, 0.2) is 5.84 Å². The molecule has 34 heavy (non-hydrogen) atoms. The van der Waals surface area contributed by atoms with Crippen molar-refractivity contribution >= 4 is 21.8 Å². The Balaban J connectivity index is 1.31. The maximum absolute atomic E-state index is 13.4. The number of fused-ring (bicyclic) bond motifs is 1. The van der Waals surface area contributed by atoms with Gasteiger partial charge in [-0.25, -0.2) is 0 Å². The highest BCUT2D eigenvalue weighted by atomic mass is 32.2. The molecule has 2 saturated heterocycles. The number of morpholine rings is 1. The van der Waals surface area contributed by atoms with Crippen molar-refractivity contribution in [3.8, 4) is 0 Å². The number of likely N-dealkylation sites (tertiary alicyclic amines) is 1. The number of sulfonamides is 1. The van der Waals surface area contributed by atoms with Crippen molar-refractivity contribution in [2.24, 2.45) is 10.3 Å². The monoisotopic (exact) mass is 482 g/mol. The summed E-state index contributed by atoms with van der Waals surface area (Å²) in [5.41, 5.74) is 1.70. The zero-order chi connectivity index (χ0) is 23.5. The van der Waals surface area contributed by atoms with E-state index in [1.807, 2.05) is 41.3 Å². The average Bonchev–Trinajstić information content (AvgIpc) is 3.16. The zero-order valence-electron chi connectivity index (χ0n) is 19.1. The third kappa shape index (κ3) is 4.87. The van der Waals surface area contributed by atoms with Gasteiger partial charge in [-0.15, -0.1) is 4.40 Å². The Kier molecular flexibility index (Phi) is 6.67. The number of nitrogens with one attached hydrogen (secondary N) is 1. The lowest BCUT2D eigenvalue weighted by molar-refractivity contribution is -0.127. The fraction of sp³-hybridized carbons (Fsp3) is 0.440. The van der Waals surface area contributed by atoms with Crippen LogP contribution in [0.5, 0.6) is 0 Å². The molecule has 3 heterocycles. The summed E-state index contributed by atoms with van der Waals surface area (Å²) >= 11 is 0. The predicted octanol–water partition coefficient (Wildman–Crippen LogP) is 2.04. The number of rotatable bonds is 5. The van der Waals surface area contributed by atoms with Crippen LogP contribution in [-0.2, 0) is 19.6 Å². The van der Waals surface area contributed by atoms with Crippen LogP contribution >= 0.6 is 0 Å². The Bertz CT molecular complexity index is 1160. The quantitative estimate of drug-likeness (QED) is 0.701. The average molecular weight is 483 g/mol. The van der Waals surface area contributed by atoms with E-state index in [0.29, 0.717) is 37.7 Å². The molecule has 2 aromatic rings. The highest BCUT2D eigenvalue weighted by molar-refractivity contribution is 7.90. The van der Waals surface area contributed by atoms with E-state index >= 15 is 0 Å². The van der Waals surface area contributed by atoms with Crippen molar-refractivity contribution in [2.45, 2.75) is 23.8 Å². The van der Waals surface area contributed by atoms with Crippen LogP contribution in [-0.4, -0.2) is 75.9 Å². The van der Waals surface area contributed by atoms with Gasteiger partial charge in [-0.1, -0.05) is 42.5 Å². The molecular formula is C25H30N4O4S. The van der Waals surface area contributed by atoms with Crippen molar-refractivity contribution in [2.75, 3.05) is 45.9 Å². The number of hydrogen-bond acceptors (Lipinski definition) is 6. The van der Waals surface area contributed by atoms with E-state index in [4.69, 9.17) is 4.74 Å². The first kappa shape index (κ1) is 23.0. The van der Waals surface area contributed by atoms with Gasteiger partial charge in [0.2, 0.25) is 5.91 Å². The minimum Gasteiger partial charge on any atom is -0.379 e. The van der Waals surface area contributed by atoms with Crippen LogP contribution < -0.4 is 5.32 Å². The summed E-state index contributed by atoms with van der Waals surface area (Å²) in [6.45, 7) is 4.98. The Morgan fingerprint density at radius 2 is 1.79 bits per heavy atom. The van der Waals surface area contributed by atoms with Crippen molar-refractivity contribution in [1.82, 2.24) is 15.1 Å². The summed E-state index contributed by atoms with van der Waals surface area (Å²) in [4.78, 5) is 17.9. The standard InChI is InChI=1S/C25H30N4O4S/c30-25(26-22(19-7-2-1-3-8-19)18-28-13-15-33-16-14-28)20-9-6-12-29(17-20)24-21-10-4-5-11-23(21)34(31,32)27-24/h1-5,7-8,10-11,20,22H,6,9,12-18H2,(H,26,30)/t20-,22+/m1/s1. The first-order valence-electron chi connectivity index (χ1n) is 11.9. The van der Waals surface area contributed by atoms with E-state index in [2.05, 4.69) is 14.6 Å². The van der Waals surface area contributed by atoms with Gasteiger partial charge >= 0.3 is 0 Å². The summed E-state index contributed by atoms with van der Waals surface area (Å²) in [5, 5.41) is 3.29. The summed E-state index contributed by atoms with van der Waals surface area (Å²) in [6.07, 6.45) is 1.57. The van der Waals surface area contributed by atoms with E-state index in [0.717, 1.165) is 38.0 Å². The van der Waals surface area contributed by atoms with Gasteiger partial charge < -0.3 is 15.0 Å². The van der Waals surface area contributed by atoms with Crippen LogP contribution in [0, 0.1) is 5.92 Å². The maximum Gasteiger partial charge on any atom is 0.285 e. The molecule has 3 aliphatic rings. The molecule has 0 radical (unpaired) electrons. The number of carbonyl (C=O) groups excluding carboxylic acids is 1. The molecule has 9 heteroatoms. The van der Waals surface area contributed by atoms with Crippen LogP contribution in [0.1, 0.15) is 30.0 Å². The molecule has 8 nitrogen and oxygen atoms in total. The second-order valence-electron chi connectivity index (χ2n) is 9.06. The predicted molar refractivity (Wildman–Crippen MR) is 129 cm³/mol. The molecule has 2 fully saturated rings. The van der Waals surface area contributed by atoms with Crippen LogP contribution in [0.15, 0.2) is 63.9 Å². The highest BCUT2D eigenvalue weighted by Crippen LogP contribution is 2.30. The number of amidine groups is 1. The topological polar surface area (TPSA) is 91.3 Å². The molecular weight excluding hydrogens is 452 g/mol. The van der Waals surface area contributed by atoms with E-state index in [-0.39, 0.29) is 22.8 Å². The molecule has 0 saturated carbocycles. The molecule has 0 unspecified atom stereocenters. The first-order chi connectivity index (χ1) is 16.5. The molecule has 2 atom stereocenters. The lowest BCUT2D eigenvalue weighted by atomic mass is 9.95. The lowest BCUT2D eigenvalue weighted by Gasteiger charge is -2.35. The summed E-state index contributed by atoms with van der Waals surface area (Å²) in [7, 11) is -3.68. The molecule has 0 spiro atoms. The van der Waals surface area contributed by atoms with Crippen LogP contribution in [0.2, 0.25) is 0 Å². The molecule has 0 aromatic heterocycles. The fourth-order valence-electron chi connectivity index (χ4n) is 4.95. The Labute approximate surface area is 200 Å². The number of benzene rings is 2. The van der Waals surface area contributed by atoms with Gasteiger partial charge in [0.25, 0.3) is 10.0 Å². The number of carbonyl (C=O) groups is 1. The Hall–Kier alpha value is -2.75. The fourth-order valence-corrected chi connectivity index (χ4v) is 6.18. The van der Waals surface area contributed by atoms with Gasteiger partial charge in [-0.05, 0) is 30.5 Å². The smallest absolute Gasteiger partial charge is 0.285 e. The molecule has 180 valence electrons. The van der Waals surface area contributed by atoms with Crippen LogP contribution in [0.25, 0.3) is 0 Å². The number of nitrogens with zero attached hydrogens (tertiary/aromatic N) is 3. The Morgan fingerprint density at radius 3 is 2.59 bits per heavy atom. The van der Waals surface area contributed by atoms with Gasteiger partial charge in [0, 0.05) is 38.3 Å². The molecule has 0 aliphatic carbocycles. The van der Waals surface area contributed by atoms with Crippen molar-refractivity contribution in [1.29, 1.82) is 0 Å². The van der Waals surface area contributed by atoms with E-state index in [1.165, 1.54) is 0 Å². The third-order valence-electron chi connectivity index (χ3n) is 6.77. The van der Waals surface area contributed by atoms with Crippen molar-refractivity contribution < 1.29 is 17.9 Å². The van der Waals surface area contributed by atoms with E-state index in [1.54, 1.807) is 18.2 Å². The van der Waals surface area contributed by atoms with Crippen LogP contribution in [0.3, 0.4) is 0 Å². The molecule has 2 aromatic carbocycles. The summed E-state index contributed by atoms with van der Waals surface area (Å²) < 4.78 is 34.5. The number of amides is 1. The van der Waals surface area contributed by atoms with Gasteiger partial charge in [-0.3, -0.25) is 9.69 Å². The summed E-state index contributed by atoms with van der Waals surface area (Å²) in [6, 6.07) is 16.8. The minimum absolute atomic E-state index is 0.00144. The van der Waals surface area contributed by atoms with Crippen molar-refractivity contribution in [3.05, 3.63) is 65.7 Å². The Morgan fingerprint density at radius 1 is 1.06 bits per heavy atom. The second-order valence-corrected chi connectivity index (χ2v) is 10.6. The number of hydrogen-bond donors (Lipinski definition) is 1. The normalized spacial score (nSPS) is 23.1. The summed E-state index contributed by atoms with van der Waals surface area (Å²) in [5.74, 6) is 0.227. The number of piperidine rings is 1. The molecule has 5 rings (SSSR count). The SMILES string of the molecule is O=C(N[C@@H](CN1CCOCC1)c1ccccc1)[C@@H]1CCCN(C2=NS(=O)(=O)c3ccccc32)C1. The van der Waals surface area contributed by atoms with E-state index in [9.17, 15) is 13.2 Å². The minimum atomic E-state index is -3.68. The number of ether oxygens (including phenoxy) is 1. The molecule has 1 amide bonds. The van der Waals surface area contributed by atoms with Crippen molar-refractivity contribution in [3.63, 3.8) is 0 Å². The first-order valence-corrected chi connectivity index (χ1v) is 13.3. The molecule has 3 aliphatic heterocycles. The molecule has 0 bridgehead atoms. The largest absolute Gasteiger partial charge is 0.379 e. The zero-order valence-corrected chi connectivity index (χ0v) is 19.9. The van der Waals surface area contributed by atoms with Gasteiger partial charge in [0.1, 0.15) is 4.90 Å². The molecule has 1 N–H and O–H groups in total. The van der Waals surface area contributed by atoms with Gasteiger partial charge in [0.05, 0.1) is 25.2 Å².